The van der Waals surface area contributed by atoms with E-state index in [0.717, 1.165) is 16.6 Å². The van der Waals surface area contributed by atoms with Gasteiger partial charge in [-0.3, -0.25) is 4.79 Å². The Morgan fingerprint density at radius 3 is 2.63 bits per heavy atom. The Morgan fingerprint density at radius 2 is 1.93 bits per heavy atom. The quantitative estimate of drug-likeness (QED) is 0.548. The first-order valence-electron chi connectivity index (χ1n) is 9.25. The molecule has 140 valence electrons. The highest BCUT2D eigenvalue weighted by Gasteiger charge is 2.15. The van der Waals surface area contributed by atoms with Gasteiger partial charge in [-0.25, -0.2) is 0 Å². The zero-order valence-corrected chi connectivity index (χ0v) is 16.7. The van der Waals surface area contributed by atoms with Crippen molar-refractivity contribution < 1.29 is 14.1 Å². The molecule has 2 aromatic rings. The van der Waals surface area contributed by atoms with E-state index in [9.17, 15) is 10.1 Å². The fourth-order valence-corrected chi connectivity index (χ4v) is 3.50. The van der Waals surface area contributed by atoms with Gasteiger partial charge in [0.2, 0.25) is 0 Å². The predicted octanol–water partition coefficient (Wildman–Crippen LogP) is 2.80. The SMILES string of the molecule is N#C/C(=C/c1ccc(-c2ccc(Br)cc2)o1)C(=O)NCC[NH+]1CCCCC1. The molecule has 2 heterocycles. The minimum atomic E-state index is -0.351. The van der Waals surface area contributed by atoms with Crippen LogP contribution in [0.25, 0.3) is 17.4 Å². The molecule has 0 spiro atoms. The fourth-order valence-electron chi connectivity index (χ4n) is 3.24. The highest BCUT2D eigenvalue weighted by Crippen LogP contribution is 2.24. The molecular formula is C21H23BrN3O2+. The number of furan rings is 1. The molecule has 1 fully saturated rings. The van der Waals surface area contributed by atoms with E-state index in [1.165, 1.54) is 43.3 Å². The number of nitrogens with one attached hydrogen (secondary N) is 2. The van der Waals surface area contributed by atoms with Crippen LogP contribution in [0.15, 0.2) is 50.9 Å². The normalized spacial score (nSPS) is 15.3. The number of rotatable bonds is 6. The Labute approximate surface area is 167 Å². The third-order valence-corrected chi connectivity index (χ3v) is 5.26. The minimum Gasteiger partial charge on any atom is -0.457 e. The number of piperidine rings is 1. The van der Waals surface area contributed by atoms with Gasteiger partial charge in [-0.1, -0.05) is 28.1 Å². The molecule has 1 aromatic heterocycles. The van der Waals surface area contributed by atoms with E-state index >= 15 is 0 Å². The van der Waals surface area contributed by atoms with Crippen LogP contribution in [0.1, 0.15) is 25.0 Å². The van der Waals surface area contributed by atoms with Gasteiger partial charge in [-0.15, -0.1) is 0 Å². The molecule has 3 rings (SSSR count). The zero-order chi connectivity index (χ0) is 19.1. The van der Waals surface area contributed by atoms with E-state index in [2.05, 4.69) is 21.2 Å². The number of nitriles is 1. The average molecular weight is 429 g/mol. The smallest absolute Gasteiger partial charge is 0.262 e. The number of carbonyl (C=O) groups excluding carboxylic acids is 1. The fraction of sp³-hybridized carbons (Fsp3) is 0.333. The van der Waals surface area contributed by atoms with E-state index in [0.29, 0.717) is 18.1 Å². The van der Waals surface area contributed by atoms with Crippen molar-refractivity contribution in [2.24, 2.45) is 0 Å². The Hall–Kier alpha value is -2.36. The maximum atomic E-state index is 12.3. The lowest BCUT2D eigenvalue weighted by atomic mass is 10.1. The van der Waals surface area contributed by atoms with Gasteiger partial charge in [-0.05, 0) is 43.5 Å². The molecule has 5 nitrogen and oxygen atoms in total. The molecule has 1 aliphatic heterocycles. The minimum absolute atomic E-state index is 0.0559. The first kappa shape index (κ1) is 19.4. The molecule has 0 unspecified atom stereocenters. The second-order valence-electron chi connectivity index (χ2n) is 6.70. The molecule has 6 heteroatoms. The third-order valence-electron chi connectivity index (χ3n) is 4.73. The van der Waals surface area contributed by atoms with Crippen LogP contribution in [0, 0.1) is 11.3 Å². The molecule has 1 saturated heterocycles. The van der Waals surface area contributed by atoms with Crippen LogP contribution < -0.4 is 10.2 Å². The van der Waals surface area contributed by atoms with Crippen molar-refractivity contribution in [3.05, 3.63) is 52.2 Å². The number of halogens is 1. The number of hydrogen-bond acceptors (Lipinski definition) is 3. The van der Waals surface area contributed by atoms with E-state index < -0.39 is 0 Å². The summed E-state index contributed by atoms with van der Waals surface area (Å²) in [6.07, 6.45) is 5.31. The lowest BCUT2D eigenvalue weighted by Crippen LogP contribution is -3.13. The van der Waals surface area contributed by atoms with Crippen LogP contribution in [-0.2, 0) is 4.79 Å². The van der Waals surface area contributed by atoms with Crippen LogP contribution in [0.4, 0.5) is 0 Å². The van der Waals surface area contributed by atoms with Gasteiger partial charge in [0.05, 0.1) is 26.2 Å². The molecular weight excluding hydrogens is 406 g/mol. The average Bonchev–Trinajstić information content (AvgIpc) is 3.16. The summed E-state index contributed by atoms with van der Waals surface area (Å²) in [4.78, 5) is 13.8. The molecule has 27 heavy (non-hydrogen) atoms. The van der Waals surface area contributed by atoms with Crippen LogP contribution >= 0.6 is 15.9 Å². The summed E-state index contributed by atoms with van der Waals surface area (Å²) in [5.74, 6) is 0.830. The lowest BCUT2D eigenvalue weighted by molar-refractivity contribution is -0.903. The lowest BCUT2D eigenvalue weighted by Gasteiger charge is -2.23. The second-order valence-corrected chi connectivity index (χ2v) is 7.61. The number of benzene rings is 1. The molecule has 0 aliphatic carbocycles. The predicted molar refractivity (Wildman–Crippen MR) is 108 cm³/mol. The standard InChI is InChI=1S/C21H22BrN3O2/c22-18-6-4-16(5-7-18)20-9-8-19(27-20)14-17(15-23)21(26)24-10-13-25-11-2-1-3-12-25/h4-9,14H,1-3,10-13H2,(H,24,26)/p+1/b17-14-. The monoisotopic (exact) mass is 428 g/mol. The molecule has 1 amide bonds. The van der Waals surface area contributed by atoms with Crippen LogP contribution in [0.5, 0.6) is 0 Å². The van der Waals surface area contributed by atoms with Crippen molar-refractivity contribution in [1.82, 2.24) is 5.32 Å². The second kappa shape index (κ2) is 9.54. The highest BCUT2D eigenvalue weighted by atomic mass is 79.9. The van der Waals surface area contributed by atoms with Crippen molar-refractivity contribution in [3.63, 3.8) is 0 Å². The number of nitrogens with zero attached hydrogens (tertiary/aromatic N) is 1. The highest BCUT2D eigenvalue weighted by molar-refractivity contribution is 9.10. The summed E-state index contributed by atoms with van der Waals surface area (Å²) in [6, 6.07) is 13.3. The van der Waals surface area contributed by atoms with Crippen molar-refractivity contribution in [2.75, 3.05) is 26.2 Å². The van der Waals surface area contributed by atoms with Gasteiger partial charge < -0.3 is 14.6 Å². The number of carbonyl (C=O) groups is 1. The summed E-state index contributed by atoms with van der Waals surface area (Å²) in [6.45, 7) is 3.82. The Bertz CT molecular complexity index is 843. The van der Waals surface area contributed by atoms with E-state index in [1.54, 1.807) is 6.07 Å². The van der Waals surface area contributed by atoms with Crippen LogP contribution in [0.2, 0.25) is 0 Å². The first-order valence-corrected chi connectivity index (χ1v) is 10.0. The van der Waals surface area contributed by atoms with E-state index in [1.807, 2.05) is 36.4 Å². The van der Waals surface area contributed by atoms with Crippen LogP contribution in [-0.4, -0.2) is 32.1 Å². The van der Waals surface area contributed by atoms with Crippen molar-refractivity contribution in [3.8, 4) is 17.4 Å². The van der Waals surface area contributed by atoms with Gasteiger partial charge in [0.15, 0.2) is 0 Å². The molecule has 1 aliphatic rings. The summed E-state index contributed by atoms with van der Waals surface area (Å²) in [7, 11) is 0. The van der Waals surface area contributed by atoms with E-state index in [4.69, 9.17) is 4.42 Å². The third kappa shape index (κ3) is 5.56. The number of hydrogen-bond donors (Lipinski definition) is 2. The van der Waals surface area contributed by atoms with Crippen LogP contribution in [0.3, 0.4) is 0 Å². The Kier molecular flexibility index (Phi) is 6.86. The topological polar surface area (TPSA) is 70.5 Å². The molecule has 1 aromatic carbocycles. The number of likely N-dealkylation sites (tertiary alicyclic amines) is 1. The number of amides is 1. The molecule has 0 saturated carbocycles. The molecule has 0 radical (unpaired) electrons. The van der Waals surface area contributed by atoms with Crippen molar-refractivity contribution in [2.45, 2.75) is 19.3 Å². The maximum absolute atomic E-state index is 12.3. The Morgan fingerprint density at radius 1 is 1.19 bits per heavy atom. The van der Waals surface area contributed by atoms with Gasteiger partial charge >= 0.3 is 0 Å². The molecule has 0 bridgehead atoms. The Balaban J connectivity index is 1.59. The molecule has 0 atom stereocenters. The summed E-state index contributed by atoms with van der Waals surface area (Å²) < 4.78 is 6.76. The largest absolute Gasteiger partial charge is 0.457 e. The van der Waals surface area contributed by atoms with Crippen molar-refractivity contribution >= 4 is 27.9 Å². The summed E-state index contributed by atoms with van der Waals surface area (Å²) in [5, 5.41) is 12.2. The van der Waals surface area contributed by atoms with E-state index in [-0.39, 0.29) is 11.5 Å². The number of quaternary nitrogens is 1. The summed E-state index contributed by atoms with van der Waals surface area (Å²) >= 11 is 3.40. The summed E-state index contributed by atoms with van der Waals surface area (Å²) in [5.41, 5.74) is 0.991. The van der Waals surface area contributed by atoms with Gasteiger partial charge in [-0.2, -0.15) is 5.26 Å². The zero-order valence-electron chi connectivity index (χ0n) is 15.1. The van der Waals surface area contributed by atoms with Gasteiger partial charge in [0.1, 0.15) is 23.2 Å². The maximum Gasteiger partial charge on any atom is 0.262 e. The molecule has 2 N–H and O–H groups in total. The van der Waals surface area contributed by atoms with Crippen molar-refractivity contribution in [1.29, 1.82) is 5.26 Å². The first-order chi connectivity index (χ1) is 13.2. The van der Waals surface area contributed by atoms with Gasteiger partial charge in [0, 0.05) is 16.1 Å². The van der Waals surface area contributed by atoms with Gasteiger partial charge in [0.25, 0.3) is 5.91 Å².